The molecule has 6 nitrogen and oxygen atoms in total. The molecule has 2 amide bonds. The minimum Gasteiger partial charge on any atom is -0.481 e. The van der Waals surface area contributed by atoms with Crippen molar-refractivity contribution in [2.24, 2.45) is 0 Å². The van der Waals surface area contributed by atoms with Gasteiger partial charge < -0.3 is 15.7 Å². The highest BCUT2D eigenvalue weighted by Crippen LogP contribution is 2.30. The molecule has 0 aromatic heterocycles. The van der Waals surface area contributed by atoms with Gasteiger partial charge in [0.25, 0.3) is 0 Å². The number of hydrogen-bond donors (Lipinski definition) is 3. The second-order valence-corrected chi connectivity index (χ2v) is 8.21. The van der Waals surface area contributed by atoms with Crippen molar-refractivity contribution in [2.45, 2.75) is 56.6 Å². The summed E-state index contributed by atoms with van der Waals surface area (Å²) in [7, 11) is 0. The monoisotopic (exact) mass is 428 g/mol. The van der Waals surface area contributed by atoms with Gasteiger partial charge in [-0.2, -0.15) is 0 Å². The number of aliphatic carboxylic acids is 1. The van der Waals surface area contributed by atoms with E-state index in [0.29, 0.717) is 12.1 Å². The highest BCUT2D eigenvalue weighted by atomic mass is 32.2. The number of carboxylic acid groups (broad SMARTS) is 1. The molecular weight excluding hydrogens is 400 g/mol. The van der Waals surface area contributed by atoms with Crippen LogP contribution in [0.15, 0.2) is 47.4 Å². The average Bonchev–Trinajstić information content (AvgIpc) is 2.72. The molecule has 7 heteroatoms. The van der Waals surface area contributed by atoms with Crippen molar-refractivity contribution < 1.29 is 19.5 Å². The SMILES string of the molecule is CCc1cccc(C)c1NC(=O)C(CC)Sc1cccc(NC(=O)CCC(=O)O)c1. The second-order valence-electron chi connectivity index (χ2n) is 6.94. The Kier molecular flexibility index (Phi) is 8.92. The van der Waals surface area contributed by atoms with Crippen LogP contribution >= 0.6 is 11.8 Å². The summed E-state index contributed by atoms with van der Waals surface area (Å²) in [6.07, 6.45) is 1.20. The van der Waals surface area contributed by atoms with E-state index in [-0.39, 0.29) is 29.9 Å². The van der Waals surface area contributed by atoms with Crippen LogP contribution in [-0.4, -0.2) is 28.1 Å². The quantitative estimate of drug-likeness (QED) is 0.469. The summed E-state index contributed by atoms with van der Waals surface area (Å²) in [4.78, 5) is 36.2. The van der Waals surface area contributed by atoms with Gasteiger partial charge in [0.05, 0.1) is 11.7 Å². The molecule has 2 aromatic rings. The van der Waals surface area contributed by atoms with E-state index in [4.69, 9.17) is 5.11 Å². The molecule has 0 bridgehead atoms. The first-order chi connectivity index (χ1) is 14.3. The third-order valence-electron chi connectivity index (χ3n) is 4.61. The summed E-state index contributed by atoms with van der Waals surface area (Å²) < 4.78 is 0. The van der Waals surface area contributed by atoms with Gasteiger partial charge >= 0.3 is 5.97 Å². The number of benzene rings is 2. The molecule has 1 atom stereocenters. The first-order valence-electron chi connectivity index (χ1n) is 10.0. The number of carbonyl (C=O) groups excluding carboxylic acids is 2. The topological polar surface area (TPSA) is 95.5 Å². The van der Waals surface area contributed by atoms with Gasteiger partial charge in [-0.15, -0.1) is 11.8 Å². The first kappa shape index (κ1) is 23.5. The predicted octanol–water partition coefficient (Wildman–Crippen LogP) is 4.87. The number of anilines is 2. The van der Waals surface area contributed by atoms with E-state index < -0.39 is 5.97 Å². The van der Waals surface area contributed by atoms with Crippen LogP contribution in [0.3, 0.4) is 0 Å². The minimum atomic E-state index is -1.01. The molecule has 0 aliphatic carbocycles. The minimum absolute atomic E-state index is 0.0533. The van der Waals surface area contributed by atoms with Gasteiger partial charge in [-0.1, -0.05) is 38.1 Å². The zero-order chi connectivity index (χ0) is 22.1. The average molecular weight is 429 g/mol. The smallest absolute Gasteiger partial charge is 0.303 e. The standard InChI is InChI=1S/C23H28N2O4S/c1-4-16-9-6-8-15(3)22(16)25-23(29)19(5-2)30-18-11-7-10-17(14-18)24-20(26)12-13-21(27)28/h6-11,14,19H,4-5,12-13H2,1-3H3,(H,24,26)(H,25,29)(H,27,28). The number of nitrogens with one attached hydrogen (secondary N) is 2. The molecule has 3 N–H and O–H groups in total. The Balaban J connectivity index is 2.06. The van der Waals surface area contributed by atoms with Crippen LogP contribution < -0.4 is 10.6 Å². The number of carboxylic acids is 1. The number of rotatable bonds is 10. The first-order valence-corrected chi connectivity index (χ1v) is 10.9. The second kappa shape index (κ2) is 11.4. The summed E-state index contributed by atoms with van der Waals surface area (Å²) in [5, 5.41) is 14.2. The molecular formula is C23H28N2O4S. The number of aryl methyl sites for hydroxylation is 2. The van der Waals surface area contributed by atoms with Crippen LogP contribution in [0.2, 0.25) is 0 Å². The van der Waals surface area contributed by atoms with E-state index in [1.54, 1.807) is 18.2 Å². The molecule has 30 heavy (non-hydrogen) atoms. The van der Waals surface area contributed by atoms with Crippen LogP contribution in [0.5, 0.6) is 0 Å². The van der Waals surface area contributed by atoms with Crippen molar-refractivity contribution in [1.82, 2.24) is 0 Å². The molecule has 2 rings (SSSR count). The van der Waals surface area contributed by atoms with Gasteiger partial charge in [0.2, 0.25) is 11.8 Å². The summed E-state index contributed by atoms with van der Waals surface area (Å²) in [5.74, 6) is -1.41. The fourth-order valence-electron chi connectivity index (χ4n) is 2.98. The lowest BCUT2D eigenvalue weighted by Gasteiger charge is -2.18. The van der Waals surface area contributed by atoms with Crippen LogP contribution in [0.4, 0.5) is 11.4 Å². The Morgan fingerprint density at radius 1 is 1.03 bits per heavy atom. The van der Waals surface area contributed by atoms with Gasteiger partial charge in [-0.25, -0.2) is 0 Å². The van der Waals surface area contributed by atoms with E-state index in [0.717, 1.165) is 28.1 Å². The van der Waals surface area contributed by atoms with Crippen LogP contribution in [0.25, 0.3) is 0 Å². The number of carbonyl (C=O) groups is 3. The fourth-order valence-corrected chi connectivity index (χ4v) is 4.00. The van der Waals surface area contributed by atoms with Crippen LogP contribution in [-0.2, 0) is 20.8 Å². The van der Waals surface area contributed by atoms with E-state index >= 15 is 0 Å². The summed E-state index contributed by atoms with van der Waals surface area (Å²) in [6, 6.07) is 13.2. The van der Waals surface area contributed by atoms with Gasteiger partial charge in [0.1, 0.15) is 0 Å². The van der Waals surface area contributed by atoms with Crippen LogP contribution in [0, 0.1) is 6.92 Å². The van der Waals surface area contributed by atoms with E-state index in [1.165, 1.54) is 11.8 Å². The Bertz CT molecular complexity index is 914. The Labute approximate surface area is 181 Å². The van der Waals surface area contributed by atoms with Crippen molar-refractivity contribution in [3.8, 4) is 0 Å². The van der Waals surface area contributed by atoms with Crippen molar-refractivity contribution in [3.05, 3.63) is 53.6 Å². The molecule has 1 unspecified atom stereocenters. The number of hydrogen-bond acceptors (Lipinski definition) is 4. The zero-order valence-electron chi connectivity index (χ0n) is 17.5. The highest BCUT2D eigenvalue weighted by Gasteiger charge is 2.20. The maximum Gasteiger partial charge on any atom is 0.303 e. The molecule has 0 fully saturated rings. The molecule has 0 spiro atoms. The van der Waals surface area contributed by atoms with E-state index in [1.807, 2.05) is 38.1 Å². The normalized spacial score (nSPS) is 11.6. The Hall–Kier alpha value is -2.80. The summed E-state index contributed by atoms with van der Waals surface area (Å²) >= 11 is 1.44. The summed E-state index contributed by atoms with van der Waals surface area (Å²) in [6.45, 7) is 6.01. The largest absolute Gasteiger partial charge is 0.481 e. The molecule has 160 valence electrons. The lowest BCUT2D eigenvalue weighted by Crippen LogP contribution is -2.25. The summed E-state index contributed by atoms with van der Waals surface area (Å²) in [5.41, 5.74) is 3.60. The highest BCUT2D eigenvalue weighted by molar-refractivity contribution is 8.00. The molecule has 0 saturated heterocycles. The molecule has 2 aromatic carbocycles. The molecule has 0 radical (unpaired) electrons. The predicted molar refractivity (Wildman–Crippen MR) is 121 cm³/mol. The number of para-hydroxylation sites is 1. The molecule has 0 aliphatic heterocycles. The molecule has 0 heterocycles. The lowest BCUT2D eigenvalue weighted by atomic mass is 10.1. The van der Waals surface area contributed by atoms with Gasteiger partial charge in [-0.3, -0.25) is 14.4 Å². The van der Waals surface area contributed by atoms with Gasteiger partial charge in [0, 0.05) is 22.7 Å². The van der Waals surface area contributed by atoms with Crippen molar-refractivity contribution in [1.29, 1.82) is 0 Å². The molecule has 0 saturated carbocycles. The number of amides is 2. The molecule has 0 aliphatic rings. The van der Waals surface area contributed by atoms with E-state index in [9.17, 15) is 14.4 Å². The third kappa shape index (κ3) is 6.91. The van der Waals surface area contributed by atoms with Gasteiger partial charge in [-0.05, 0) is 49.1 Å². The number of thioether (sulfide) groups is 1. The third-order valence-corrected chi connectivity index (χ3v) is 5.97. The van der Waals surface area contributed by atoms with Crippen molar-refractivity contribution in [3.63, 3.8) is 0 Å². The maximum atomic E-state index is 12.9. The van der Waals surface area contributed by atoms with E-state index in [2.05, 4.69) is 17.6 Å². The Morgan fingerprint density at radius 3 is 2.43 bits per heavy atom. The Morgan fingerprint density at radius 2 is 1.77 bits per heavy atom. The van der Waals surface area contributed by atoms with Gasteiger partial charge in [0.15, 0.2) is 0 Å². The zero-order valence-corrected chi connectivity index (χ0v) is 18.3. The lowest BCUT2D eigenvalue weighted by molar-refractivity contribution is -0.138. The van der Waals surface area contributed by atoms with Crippen molar-refractivity contribution >= 4 is 40.9 Å². The van der Waals surface area contributed by atoms with Crippen molar-refractivity contribution in [2.75, 3.05) is 10.6 Å². The fraction of sp³-hybridized carbons (Fsp3) is 0.348. The van der Waals surface area contributed by atoms with Crippen LogP contribution in [0.1, 0.15) is 44.2 Å². The maximum absolute atomic E-state index is 12.9.